The maximum absolute atomic E-state index is 12.3. The van der Waals surface area contributed by atoms with Gasteiger partial charge in [-0.1, -0.05) is 6.07 Å². The molecule has 0 aliphatic heterocycles. The molecule has 0 spiro atoms. The Morgan fingerprint density at radius 1 is 1.25 bits per heavy atom. The van der Waals surface area contributed by atoms with Crippen LogP contribution in [0.15, 0.2) is 23.1 Å². The molecule has 1 aromatic heterocycles. The molecule has 0 bridgehead atoms. The minimum absolute atomic E-state index is 0.207. The van der Waals surface area contributed by atoms with E-state index >= 15 is 0 Å². The van der Waals surface area contributed by atoms with Crippen molar-refractivity contribution < 1.29 is 13.3 Å². The standard InChI is InChI=1S/C12H18N4O2S2/c1-3-16(4-2)9-8-13-20(17,18)11-7-5-6-10-12(11)15-19-14-10/h5-7,13H,3-4,8-9H2,1-2H3/p+1. The van der Waals surface area contributed by atoms with E-state index in [1.807, 2.05) is 0 Å². The van der Waals surface area contributed by atoms with E-state index < -0.39 is 10.0 Å². The molecule has 0 radical (unpaired) electrons. The van der Waals surface area contributed by atoms with Gasteiger partial charge >= 0.3 is 0 Å². The molecular formula is C12H19N4O2S2+. The van der Waals surface area contributed by atoms with Gasteiger partial charge in [-0.2, -0.15) is 8.75 Å². The monoisotopic (exact) mass is 315 g/mol. The number of nitrogens with one attached hydrogen (secondary N) is 2. The van der Waals surface area contributed by atoms with Crippen molar-refractivity contribution in [2.75, 3.05) is 26.2 Å². The van der Waals surface area contributed by atoms with Gasteiger partial charge < -0.3 is 4.90 Å². The largest absolute Gasteiger partial charge is 0.334 e. The van der Waals surface area contributed by atoms with Crippen LogP contribution < -0.4 is 9.62 Å². The highest BCUT2D eigenvalue weighted by atomic mass is 32.2. The van der Waals surface area contributed by atoms with Crippen LogP contribution >= 0.6 is 11.7 Å². The lowest BCUT2D eigenvalue weighted by molar-refractivity contribution is -0.895. The maximum Gasteiger partial charge on any atom is 0.243 e. The summed E-state index contributed by atoms with van der Waals surface area (Å²) in [6.07, 6.45) is 0. The van der Waals surface area contributed by atoms with E-state index in [0.717, 1.165) is 31.4 Å². The predicted octanol–water partition coefficient (Wildman–Crippen LogP) is -0.106. The van der Waals surface area contributed by atoms with Crippen LogP contribution in [0.1, 0.15) is 13.8 Å². The quantitative estimate of drug-likeness (QED) is 0.748. The number of sulfonamides is 1. The fraction of sp³-hybridized carbons (Fsp3) is 0.500. The lowest BCUT2D eigenvalue weighted by atomic mass is 10.3. The van der Waals surface area contributed by atoms with E-state index in [1.54, 1.807) is 18.2 Å². The normalized spacial score (nSPS) is 12.3. The first-order chi connectivity index (χ1) is 9.58. The summed E-state index contributed by atoms with van der Waals surface area (Å²) < 4.78 is 35.4. The fourth-order valence-electron chi connectivity index (χ4n) is 2.04. The van der Waals surface area contributed by atoms with Crippen molar-refractivity contribution in [3.63, 3.8) is 0 Å². The maximum atomic E-state index is 12.3. The first-order valence-electron chi connectivity index (χ1n) is 6.63. The molecule has 8 heteroatoms. The van der Waals surface area contributed by atoms with Crippen molar-refractivity contribution in [3.05, 3.63) is 18.2 Å². The second-order valence-corrected chi connectivity index (χ2v) is 6.76. The second kappa shape index (κ2) is 6.57. The Kier molecular flexibility index (Phi) is 5.03. The van der Waals surface area contributed by atoms with Gasteiger partial charge in [-0.25, -0.2) is 13.1 Å². The van der Waals surface area contributed by atoms with Crippen molar-refractivity contribution in [2.45, 2.75) is 18.7 Å². The second-order valence-electron chi connectivity index (χ2n) is 4.49. The van der Waals surface area contributed by atoms with Crippen molar-refractivity contribution >= 4 is 32.8 Å². The van der Waals surface area contributed by atoms with Crippen LogP contribution in [-0.4, -0.2) is 43.3 Å². The van der Waals surface area contributed by atoms with Gasteiger partial charge in [-0.05, 0) is 26.0 Å². The number of nitrogens with zero attached hydrogens (tertiary/aromatic N) is 2. The summed E-state index contributed by atoms with van der Waals surface area (Å²) in [5.74, 6) is 0. The van der Waals surface area contributed by atoms with E-state index in [4.69, 9.17) is 0 Å². The molecule has 0 atom stereocenters. The topological polar surface area (TPSA) is 76.4 Å². The Morgan fingerprint density at radius 2 is 2.00 bits per heavy atom. The van der Waals surface area contributed by atoms with Crippen LogP contribution in [0.25, 0.3) is 11.0 Å². The Labute approximate surface area is 123 Å². The lowest BCUT2D eigenvalue weighted by Gasteiger charge is -2.15. The number of rotatable bonds is 7. The number of fused-ring (bicyclic) bond motifs is 1. The van der Waals surface area contributed by atoms with Crippen molar-refractivity contribution in [3.8, 4) is 0 Å². The average molecular weight is 315 g/mol. The Bertz CT molecular complexity index is 665. The van der Waals surface area contributed by atoms with E-state index in [1.165, 1.54) is 4.90 Å². The third-order valence-electron chi connectivity index (χ3n) is 3.31. The molecule has 0 saturated carbocycles. The van der Waals surface area contributed by atoms with Crippen LogP contribution in [0.4, 0.5) is 0 Å². The zero-order valence-corrected chi connectivity index (χ0v) is 13.2. The molecule has 0 amide bonds. The Morgan fingerprint density at radius 3 is 2.70 bits per heavy atom. The predicted molar refractivity (Wildman–Crippen MR) is 79.5 cm³/mol. The summed E-state index contributed by atoms with van der Waals surface area (Å²) in [5, 5.41) is 0. The van der Waals surface area contributed by atoms with E-state index in [0.29, 0.717) is 17.6 Å². The minimum atomic E-state index is -3.53. The molecule has 20 heavy (non-hydrogen) atoms. The average Bonchev–Trinajstić information content (AvgIpc) is 2.91. The van der Waals surface area contributed by atoms with Gasteiger partial charge in [0.2, 0.25) is 10.0 Å². The SMILES string of the molecule is CC[NH+](CC)CCNS(=O)(=O)c1cccc2nsnc12. The summed E-state index contributed by atoms with van der Waals surface area (Å²) in [5.41, 5.74) is 1.06. The highest BCUT2D eigenvalue weighted by Gasteiger charge is 2.19. The smallest absolute Gasteiger partial charge is 0.243 e. The van der Waals surface area contributed by atoms with Gasteiger partial charge in [0.15, 0.2) is 0 Å². The molecule has 0 fully saturated rings. The van der Waals surface area contributed by atoms with Crippen molar-refractivity contribution in [2.24, 2.45) is 0 Å². The molecule has 0 saturated heterocycles. The van der Waals surface area contributed by atoms with Crippen molar-refractivity contribution in [1.82, 2.24) is 13.5 Å². The Hall–Kier alpha value is -1.09. The molecule has 0 aliphatic rings. The molecule has 110 valence electrons. The summed E-state index contributed by atoms with van der Waals surface area (Å²) in [4.78, 5) is 1.57. The van der Waals surface area contributed by atoms with Crippen LogP contribution in [0, 0.1) is 0 Å². The third kappa shape index (κ3) is 3.32. The van der Waals surface area contributed by atoms with Crippen LogP contribution in [0.2, 0.25) is 0 Å². The Balaban J connectivity index is 2.13. The highest BCUT2D eigenvalue weighted by molar-refractivity contribution is 7.89. The van der Waals surface area contributed by atoms with Gasteiger partial charge in [0.05, 0.1) is 37.9 Å². The number of hydrogen-bond donors (Lipinski definition) is 2. The number of benzene rings is 1. The lowest BCUT2D eigenvalue weighted by Crippen LogP contribution is -3.12. The summed E-state index contributed by atoms with van der Waals surface area (Å²) in [7, 11) is -3.53. The van der Waals surface area contributed by atoms with E-state index in [2.05, 4.69) is 27.3 Å². The van der Waals surface area contributed by atoms with Gasteiger partial charge in [0, 0.05) is 0 Å². The number of quaternary nitrogens is 1. The van der Waals surface area contributed by atoms with Crippen molar-refractivity contribution in [1.29, 1.82) is 0 Å². The molecule has 6 nitrogen and oxygen atoms in total. The number of hydrogen-bond acceptors (Lipinski definition) is 5. The van der Waals surface area contributed by atoms with E-state index in [-0.39, 0.29) is 4.90 Å². The summed E-state index contributed by atoms with van der Waals surface area (Å²) >= 11 is 1.02. The van der Waals surface area contributed by atoms with Crippen LogP contribution in [-0.2, 0) is 10.0 Å². The summed E-state index contributed by atoms with van der Waals surface area (Å²) in [6, 6.07) is 5.02. The van der Waals surface area contributed by atoms with Gasteiger partial charge in [-0.15, -0.1) is 0 Å². The molecule has 0 unspecified atom stereocenters. The third-order valence-corrected chi connectivity index (χ3v) is 5.34. The van der Waals surface area contributed by atoms with Gasteiger partial charge in [0.1, 0.15) is 15.9 Å². The zero-order chi connectivity index (χ0) is 14.6. The molecule has 2 aromatic rings. The first-order valence-corrected chi connectivity index (χ1v) is 8.84. The molecule has 1 heterocycles. The highest BCUT2D eigenvalue weighted by Crippen LogP contribution is 2.20. The summed E-state index contributed by atoms with van der Waals surface area (Å²) in [6.45, 7) is 7.36. The fourth-order valence-corrected chi connectivity index (χ4v) is 3.84. The molecule has 2 rings (SSSR count). The first kappa shape index (κ1) is 15.3. The molecular weight excluding hydrogens is 296 g/mol. The van der Waals surface area contributed by atoms with Crippen LogP contribution in [0.5, 0.6) is 0 Å². The number of aromatic nitrogens is 2. The molecule has 1 aromatic carbocycles. The van der Waals surface area contributed by atoms with E-state index in [9.17, 15) is 8.42 Å². The minimum Gasteiger partial charge on any atom is -0.334 e. The molecule has 2 N–H and O–H groups in total. The van der Waals surface area contributed by atoms with Gasteiger partial charge in [-0.3, -0.25) is 0 Å². The van der Waals surface area contributed by atoms with Gasteiger partial charge in [0.25, 0.3) is 0 Å². The van der Waals surface area contributed by atoms with Crippen LogP contribution in [0.3, 0.4) is 0 Å². The number of likely N-dealkylation sites (N-methyl/N-ethyl adjacent to an activating group) is 1. The zero-order valence-electron chi connectivity index (χ0n) is 11.6. The molecule has 0 aliphatic carbocycles.